The first-order valence-electron chi connectivity index (χ1n) is 7.92. The smallest absolute Gasteiger partial charge is 0.146 e. The van der Waals surface area contributed by atoms with E-state index in [0.717, 1.165) is 36.0 Å². The van der Waals surface area contributed by atoms with E-state index in [1.165, 1.54) is 41.8 Å². The van der Waals surface area contributed by atoms with Crippen molar-refractivity contribution in [2.45, 2.75) is 46.6 Å². The topological polar surface area (TPSA) is 41.1 Å². The molecule has 0 aliphatic carbocycles. The Labute approximate surface area is 130 Å². The Morgan fingerprint density at radius 3 is 2.67 bits per heavy atom. The molecule has 2 aromatic heterocycles. The van der Waals surface area contributed by atoms with Gasteiger partial charge in [0.1, 0.15) is 16.5 Å². The van der Waals surface area contributed by atoms with Gasteiger partial charge in [0.25, 0.3) is 0 Å². The first-order chi connectivity index (χ1) is 10.2. The Morgan fingerprint density at radius 2 is 1.95 bits per heavy atom. The van der Waals surface area contributed by atoms with Crippen LogP contribution in [0.2, 0.25) is 0 Å². The van der Waals surface area contributed by atoms with E-state index in [1.807, 2.05) is 0 Å². The molecule has 0 radical (unpaired) electrons. The molecule has 21 heavy (non-hydrogen) atoms. The highest BCUT2D eigenvalue weighted by atomic mass is 32.1. The van der Waals surface area contributed by atoms with Crippen LogP contribution in [0.1, 0.15) is 42.5 Å². The lowest BCUT2D eigenvalue weighted by Gasteiger charge is -2.14. The van der Waals surface area contributed by atoms with Gasteiger partial charge < -0.3 is 5.32 Å². The van der Waals surface area contributed by atoms with Gasteiger partial charge in [-0.3, -0.25) is 4.90 Å². The largest absolute Gasteiger partial charge is 0.369 e. The van der Waals surface area contributed by atoms with Gasteiger partial charge in [-0.2, -0.15) is 0 Å². The molecule has 1 aliphatic heterocycles. The normalized spacial score (nSPS) is 16.0. The maximum Gasteiger partial charge on any atom is 0.146 e. The van der Waals surface area contributed by atoms with Crippen molar-refractivity contribution >= 4 is 27.4 Å². The lowest BCUT2D eigenvalue weighted by atomic mass is 10.2. The number of likely N-dealkylation sites (tertiary alicyclic amines) is 1. The van der Waals surface area contributed by atoms with Crippen molar-refractivity contribution < 1.29 is 0 Å². The Kier molecular flexibility index (Phi) is 4.40. The minimum absolute atomic E-state index is 0.882. The predicted octanol–water partition coefficient (Wildman–Crippen LogP) is 3.73. The lowest BCUT2D eigenvalue weighted by Crippen LogP contribution is -2.20. The van der Waals surface area contributed by atoms with E-state index in [4.69, 9.17) is 9.97 Å². The van der Waals surface area contributed by atoms with Gasteiger partial charge in [-0.05, 0) is 51.8 Å². The molecule has 2 aromatic rings. The fraction of sp³-hybridized carbons (Fsp3) is 0.625. The van der Waals surface area contributed by atoms with Gasteiger partial charge >= 0.3 is 0 Å². The van der Waals surface area contributed by atoms with Crippen molar-refractivity contribution in [1.82, 2.24) is 14.9 Å². The summed E-state index contributed by atoms with van der Waals surface area (Å²) in [5.41, 5.74) is 1.32. The van der Waals surface area contributed by atoms with E-state index in [1.54, 1.807) is 11.3 Å². The summed E-state index contributed by atoms with van der Waals surface area (Å²) in [5.74, 6) is 1.99. The second-order valence-electron chi connectivity index (χ2n) is 5.86. The van der Waals surface area contributed by atoms with Gasteiger partial charge in [-0.15, -0.1) is 11.3 Å². The van der Waals surface area contributed by atoms with Crippen molar-refractivity contribution in [3.8, 4) is 0 Å². The van der Waals surface area contributed by atoms with Crippen LogP contribution in [-0.2, 0) is 6.54 Å². The third-order valence-electron chi connectivity index (χ3n) is 4.18. The summed E-state index contributed by atoms with van der Waals surface area (Å²) in [6.07, 6.45) is 3.72. The molecule has 3 rings (SSSR count). The summed E-state index contributed by atoms with van der Waals surface area (Å²) in [4.78, 5) is 14.6. The van der Waals surface area contributed by atoms with Crippen LogP contribution >= 0.6 is 11.3 Å². The van der Waals surface area contributed by atoms with E-state index in [-0.39, 0.29) is 0 Å². The predicted molar refractivity (Wildman–Crippen MR) is 90.2 cm³/mol. The SMILES string of the molecule is CCCNc1nc(CN2CCCC2)nc2sc(C)c(C)c12. The lowest BCUT2D eigenvalue weighted by molar-refractivity contribution is 0.323. The summed E-state index contributed by atoms with van der Waals surface area (Å²) in [7, 11) is 0. The third kappa shape index (κ3) is 3.04. The summed E-state index contributed by atoms with van der Waals surface area (Å²) >= 11 is 1.79. The second-order valence-corrected chi connectivity index (χ2v) is 7.07. The van der Waals surface area contributed by atoms with E-state index < -0.39 is 0 Å². The minimum Gasteiger partial charge on any atom is -0.369 e. The molecule has 0 spiro atoms. The average molecular weight is 304 g/mol. The van der Waals surface area contributed by atoms with Crippen molar-refractivity contribution in [3.63, 3.8) is 0 Å². The van der Waals surface area contributed by atoms with Crippen LogP contribution in [0.15, 0.2) is 0 Å². The fourth-order valence-corrected chi connectivity index (χ4v) is 3.92. The molecule has 1 N–H and O–H groups in total. The van der Waals surface area contributed by atoms with Gasteiger partial charge in [0.15, 0.2) is 0 Å². The molecule has 0 amide bonds. The van der Waals surface area contributed by atoms with Crippen LogP contribution in [0.25, 0.3) is 10.2 Å². The van der Waals surface area contributed by atoms with Crippen LogP contribution in [-0.4, -0.2) is 34.5 Å². The number of rotatable bonds is 5. The summed E-state index contributed by atoms with van der Waals surface area (Å²) < 4.78 is 0. The van der Waals surface area contributed by atoms with Crippen molar-refractivity contribution in [3.05, 3.63) is 16.3 Å². The molecule has 0 bridgehead atoms. The zero-order valence-electron chi connectivity index (χ0n) is 13.2. The molecule has 5 heteroatoms. The molecular formula is C16H24N4S. The monoisotopic (exact) mass is 304 g/mol. The van der Waals surface area contributed by atoms with E-state index in [0.29, 0.717) is 0 Å². The molecule has 0 saturated carbocycles. The summed E-state index contributed by atoms with van der Waals surface area (Å²) in [6.45, 7) is 10.7. The first kappa shape index (κ1) is 14.7. The number of hydrogen-bond donors (Lipinski definition) is 1. The molecule has 0 atom stereocenters. The molecule has 0 aromatic carbocycles. The Balaban J connectivity index is 1.97. The zero-order chi connectivity index (χ0) is 14.8. The van der Waals surface area contributed by atoms with Gasteiger partial charge in [-0.25, -0.2) is 9.97 Å². The van der Waals surface area contributed by atoms with Gasteiger partial charge in [-0.1, -0.05) is 6.92 Å². The number of nitrogens with one attached hydrogen (secondary N) is 1. The van der Waals surface area contributed by atoms with Gasteiger partial charge in [0.2, 0.25) is 0 Å². The Bertz CT molecular complexity index is 629. The maximum absolute atomic E-state index is 4.82. The summed E-state index contributed by atoms with van der Waals surface area (Å²) in [6, 6.07) is 0. The van der Waals surface area contributed by atoms with Crippen LogP contribution in [0.5, 0.6) is 0 Å². The number of fused-ring (bicyclic) bond motifs is 1. The minimum atomic E-state index is 0.882. The molecule has 1 saturated heterocycles. The highest BCUT2D eigenvalue weighted by Crippen LogP contribution is 2.33. The maximum atomic E-state index is 4.82. The third-order valence-corrected chi connectivity index (χ3v) is 5.28. The second kappa shape index (κ2) is 6.28. The highest BCUT2D eigenvalue weighted by Gasteiger charge is 2.17. The molecule has 1 fully saturated rings. The highest BCUT2D eigenvalue weighted by molar-refractivity contribution is 7.18. The Morgan fingerprint density at radius 1 is 1.19 bits per heavy atom. The first-order valence-corrected chi connectivity index (χ1v) is 8.73. The number of thiophene rings is 1. The van der Waals surface area contributed by atoms with E-state index in [9.17, 15) is 0 Å². The summed E-state index contributed by atoms with van der Waals surface area (Å²) in [5, 5.41) is 4.71. The standard InChI is InChI=1S/C16H24N4S/c1-4-7-17-15-14-11(2)12(3)21-16(14)19-13(18-15)10-20-8-5-6-9-20/h4-10H2,1-3H3,(H,17,18,19). The fourth-order valence-electron chi connectivity index (χ4n) is 2.88. The zero-order valence-corrected chi connectivity index (χ0v) is 14.0. The molecule has 4 nitrogen and oxygen atoms in total. The van der Waals surface area contributed by atoms with Crippen LogP contribution < -0.4 is 5.32 Å². The Hall–Kier alpha value is -1.20. The van der Waals surface area contributed by atoms with E-state index in [2.05, 4.69) is 31.0 Å². The number of aromatic nitrogens is 2. The van der Waals surface area contributed by atoms with Crippen LogP contribution in [0.3, 0.4) is 0 Å². The van der Waals surface area contributed by atoms with Crippen molar-refractivity contribution in [1.29, 1.82) is 0 Å². The molecule has 1 aliphatic rings. The van der Waals surface area contributed by atoms with E-state index >= 15 is 0 Å². The molecule has 0 unspecified atom stereocenters. The van der Waals surface area contributed by atoms with Gasteiger partial charge in [0, 0.05) is 11.4 Å². The van der Waals surface area contributed by atoms with Gasteiger partial charge in [0.05, 0.1) is 11.9 Å². The average Bonchev–Trinajstić information content (AvgIpc) is 3.06. The molecule has 3 heterocycles. The number of hydrogen-bond acceptors (Lipinski definition) is 5. The number of nitrogens with zero attached hydrogens (tertiary/aromatic N) is 3. The van der Waals surface area contributed by atoms with Crippen molar-refractivity contribution in [2.24, 2.45) is 0 Å². The molecule has 114 valence electrons. The number of aryl methyl sites for hydroxylation is 2. The number of anilines is 1. The quantitative estimate of drug-likeness (QED) is 0.914. The van der Waals surface area contributed by atoms with Crippen molar-refractivity contribution in [2.75, 3.05) is 25.0 Å². The van der Waals surface area contributed by atoms with Crippen LogP contribution in [0.4, 0.5) is 5.82 Å². The van der Waals surface area contributed by atoms with Crippen LogP contribution in [0, 0.1) is 13.8 Å². The molecular weight excluding hydrogens is 280 g/mol.